The highest BCUT2D eigenvalue weighted by atomic mass is 19.4. The van der Waals surface area contributed by atoms with Crippen LogP contribution >= 0.6 is 0 Å². The van der Waals surface area contributed by atoms with E-state index in [1.165, 1.54) is 12.1 Å². The van der Waals surface area contributed by atoms with E-state index in [-0.39, 0.29) is 5.41 Å². The third-order valence-electron chi connectivity index (χ3n) is 3.26. The Bertz CT molecular complexity index is 368. The molecule has 3 heteroatoms. The zero-order chi connectivity index (χ0) is 14.0. The van der Waals surface area contributed by atoms with Crippen LogP contribution in [0, 0.1) is 5.41 Å². The van der Waals surface area contributed by atoms with Crippen molar-refractivity contribution in [1.82, 2.24) is 0 Å². The van der Waals surface area contributed by atoms with Gasteiger partial charge in [0.25, 0.3) is 0 Å². The number of halogens is 3. The minimum absolute atomic E-state index is 0.0652. The third kappa shape index (κ3) is 3.76. The molecule has 0 radical (unpaired) electrons. The second kappa shape index (κ2) is 5.33. The van der Waals surface area contributed by atoms with Crippen LogP contribution in [-0.2, 0) is 6.18 Å². The molecule has 1 atom stereocenters. The van der Waals surface area contributed by atoms with E-state index in [2.05, 4.69) is 27.7 Å². The largest absolute Gasteiger partial charge is 0.416 e. The average molecular weight is 258 g/mol. The molecule has 0 aromatic heterocycles. The zero-order valence-electron chi connectivity index (χ0n) is 11.4. The Hall–Kier alpha value is -0.990. The van der Waals surface area contributed by atoms with Gasteiger partial charge in [-0.25, -0.2) is 0 Å². The smallest absolute Gasteiger partial charge is 0.166 e. The van der Waals surface area contributed by atoms with E-state index in [1.54, 1.807) is 12.1 Å². The summed E-state index contributed by atoms with van der Waals surface area (Å²) < 4.78 is 37.5. The summed E-state index contributed by atoms with van der Waals surface area (Å²) >= 11 is 0. The zero-order valence-corrected chi connectivity index (χ0v) is 11.4. The second-order valence-corrected chi connectivity index (χ2v) is 5.83. The van der Waals surface area contributed by atoms with Crippen LogP contribution in [0.4, 0.5) is 13.2 Å². The summed E-state index contributed by atoms with van der Waals surface area (Å²) in [6.45, 7) is 8.49. The molecular weight excluding hydrogens is 237 g/mol. The van der Waals surface area contributed by atoms with Crippen LogP contribution in [-0.4, -0.2) is 0 Å². The summed E-state index contributed by atoms with van der Waals surface area (Å²) in [4.78, 5) is 0. The summed E-state index contributed by atoms with van der Waals surface area (Å²) in [5.74, 6) is 0.296. The number of alkyl halides is 3. The molecule has 0 saturated carbocycles. The molecule has 0 fully saturated rings. The van der Waals surface area contributed by atoms with Gasteiger partial charge in [-0.2, -0.15) is 13.2 Å². The summed E-state index contributed by atoms with van der Waals surface area (Å²) in [6.07, 6.45) is -2.22. The maximum atomic E-state index is 12.5. The lowest BCUT2D eigenvalue weighted by Gasteiger charge is -2.31. The SMILES string of the molecule is CCCC(c1ccc(C(F)(F)F)cc1)C(C)(C)C. The van der Waals surface area contributed by atoms with Crippen molar-refractivity contribution in [3.05, 3.63) is 35.4 Å². The highest BCUT2D eigenvalue weighted by molar-refractivity contribution is 5.28. The molecule has 0 nitrogen and oxygen atoms in total. The van der Waals surface area contributed by atoms with Crippen LogP contribution in [0.15, 0.2) is 24.3 Å². The van der Waals surface area contributed by atoms with Gasteiger partial charge in [-0.1, -0.05) is 46.2 Å². The Labute approximate surface area is 107 Å². The molecule has 102 valence electrons. The van der Waals surface area contributed by atoms with Crippen LogP contribution in [0.1, 0.15) is 57.6 Å². The monoisotopic (exact) mass is 258 g/mol. The van der Waals surface area contributed by atoms with Crippen molar-refractivity contribution in [1.29, 1.82) is 0 Å². The Morgan fingerprint density at radius 3 is 1.83 bits per heavy atom. The summed E-state index contributed by atoms with van der Waals surface area (Å²) in [7, 11) is 0. The van der Waals surface area contributed by atoms with Crippen molar-refractivity contribution in [2.45, 2.75) is 52.6 Å². The first kappa shape index (κ1) is 15.1. The van der Waals surface area contributed by atoms with Gasteiger partial charge in [-0.05, 0) is 35.4 Å². The first-order chi connectivity index (χ1) is 8.16. The van der Waals surface area contributed by atoms with E-state index in [4.69, 9.17) is 0 Å². The van der Waals surface area contributed by atoms with E-state index in [1.807, 2.05) is 0 Å². The first-order valence-electron chi connectivity index (χ1n) is 6.33. The second-order valence-electron chi connectivity index (χ2n) is 5.83. The van der Waals surface area contributed by atoms with Gasteiger partial charge in [0, 0.05) is 0 Å². The Morgan fingerprint density at radius 1 is 1.00 bits per heavy atom. The molecule has 0 heterocycles. The lowest BCUT2D eigenvalue weighted by atomic mass is 9.74. The number of rotatable bonds is 3. The van der Waals surface area contributed by atoms with Crippen LogP contribution in [0.2, 0.25) is 0 Å². The van der Waals surface area contributed by atoms with Gasteiger partial charge in [0.15, 0.2) is 0 Å². The van der Waals surface area contributed by atoms with E-state index < -0.39 is 11.7 Å². The van der Waals surface area contributed by atoms with Crippen LogP contribution < -0.4 is 0 Å². The number of hydrogen-bond acceptors (Lipinski definition) is 0. The lowest BCUT2D eigenvalue weighted by molar-refractivity contribution is -0.137. The third-order valence-corrected chi connectivity index (χ3v) is 3.26. The van der Waals surface area contributed by atoms with Crippen molar-refractivity contribution in [2.75, 3.05) is 0 Å². The quantitative estimate of drug-likeness (QED) is 0.658. The molecule has 1 aromatic carbocycles. The van der Waals surface area contributed by atoms with E-state index in [9.17, 15) is 13.2 Å². The molecule has 1 aromatic rings. The summed E-state index contributed by atoms with van der Waals surface area (Å²) in [6, 6.07) is 5.61. The predicted molar refractivity (Wildman–Crippen MR) is 68.5 cm³/mol. The van der Waals surface area contributed by atoms with Gasteiger partial charge in [0.2, 0.25) is 0 Å². The van der Waals surface area contributed by atoms with Crippen molar-refractivity contribution in [3.8, 4) is 0 Å². The Morgan fingerprint density at radius 2 is 1.50 bits per heavy atom. The standard InChI is InChI=1S/C15H21F3/c1-5-6-13(14(2,3)4)11-7-9-12(10-8-11)15(16,17)18/h7-10,13H,5-6H2,1-4H3. The maximum Gasteiger partial charge on any atom is 0.416 e. The molecule has 0 spiro atoms. The molecule has 0 aliphatic heterocycles. The van der Waals surface area contributed by atoms with Gasteiger partial charge < -0.3 is 0 Å². The topological polar surface area (TPSA) is 0 Å². The van der Waals surface area contributed by atoms with Gasteiger partial charge in [-0.3, -0.25) is 0 Å². The molecular formula is C15H21F3. The van der Waals surface area contributed by atoms with Gasteiger partial charge in [0.05, 0.1) is 5.56 Å². The molecule has 0 saturated heterocycles. The first-order valence-corrected chi connectivity index (χ1v) is 6.33. The minimum atomic E-state index is -4.25. The average Bonchev–Trinajstić information content (AvgIpc) is 2.23. The molecule has 0 N–H and O–H groups in total. The summed E-state index contributed by atoms with van der Waals surface area (Å²) in [5, 5.41) is 0. The highest BCUT2D eigenvalue weighted by Gasteiger charge is 2.31. The predicted octanol–water partition coefficient (Wildman–Crippen LogP) is 5.64. The Balaban J connectivity index is 3.02. The maximum absolute atomic E-state index is 12.5. The number of hydrogen-bond donors (Lipinski definition) is 0. The van der Waals surface area contributed by atoms with Crippen molar-refractivity contribution < 1.29 is 13.2 Å². The van der Waals surface area contributed by atoms with E-state index >= 15 is 0 Å². The summed E-state index contributed by atoms with van der Waals surface area (Å²) in [5.41, 5.74) is 0.489. The van der Waals surface area contributed by atoms with Crippen LogP contribution in [0.5, 0.6) is 0 Å². The van der Waals surface area contributed by atoms with Gasteiger partial charge in [0.1, 0.15) is 0 Å². The van der Waals surface area contributed by atoms with Crippen molar-refractivity contribution in [2.24, 2.45) is 5.41 Å². The molecule has 0 aliphatic carbocycles. The van der Waals surface area contributed by atoms with Crippen molar-refractivity contribution in [3.63, 3.8) is 0 Å². The molecule has 18 heavy (non-hydrogen) atoms. The lowest BCUT2D eigenvalue weighted by Crippen LogP contribution is -2.18. The highest BCUT2D eigenvalue weighted by Crippen LogP contribution is 2.39. The van der Waals surface area contributed by atoms with Crippen LogP contribution in [0.25, 0.3) is 0 Å². The fourth-order valence-electron chi connectivity index (χ4n) is 2.29. The molecule has 0 aliphatic rings. The molecule has 1 rings (SSSR count). The van der Waals surface area contributed by atoms with Gasteiger partial charge in [-0.15, -0.1) is 0 Å². The Kier molecular flexibility index (Phi) is 4.46. The van der Waals surface area contributed by atoms with Gasteiger partial charge >= 0.3 is 6.18 Å². The molecule has 0 amide bonds. The molecule has 1 unspecified atom stereocenters. The van der Waals surface area contributed by atoms with E-state index in [0.29, 0.717) is 5.92 Å². The normalized spacial score (nSPS) is 14.6. The van der Waals surface area contributed by atoms with Crippen molar-refractivity contribution >= 4 is 0 Å². The fraction of sp³-hybridized carbons (Fsp3) is 0.600. The number of benzene rings is 1. The molecule has 0 bridgehead atoms. The fourth-order valence-corrected chi connectivity index (χ4v) is 2.29. The van der Waals surface area contributed by atoms with E-state index in [0.717, 1.165) is 18.4 Å². The minimum Gasteiger partial charge on any atom is -0.166 e. The van der Waals surface area contributed by atoms with Crippen LogP contribution in [0.3, 0.4) is 0 Å².